The van der Waals surface area contributed by atoms with Crippen molar-refractivity contribution in [1.29, 1.82) is 0 Å². The van der Waals surface area contributed by atoms with Crippen LogP contribution in [-0.2, 0) is 9.59 Å². The smallest absolute Gasteiger partial charge is 0.223 e. The second-order valence-corrected chi connectivity index (χ2v) is 6.07. The molecular formula is C18H26ClN3O4. The Kier molecular flexibility index (Phi) is 9.09. The van der Waals surface area contributed by atoms with Gasteiger partial charge in [0.05, 0.1) is 13.7 Å². The summed E-state index contributed by atoms with van der Waals surface area (Å²) in [4.78, 5) is 37.9. The fourth-order valence-corrected chi connectivity index (χ4v) is 2.72. The first-order chi connectivity index (χ1) is 12.0. The number of amides is 2. The van der Waals surface area contributed by atoms with E-state index in [2.05, 4.69) is 10.6 Å². The average molecular weight is 384 g/mol. The van der Waals surface area contributed by atoms with Crippen LogP contribution in [0, 0.1) is 0 Å². The molecule has 0 aromatic heterocycles. The number of rotatable bonds is 7. The SMILES string of the molecule is COc1ccc(C(=O)CNC(=O)CCC(=O)N2CCNC[C@@H]2C)cc1.Cl. The van der Waals surface area contributed by atoms with Crippen molar-refractivity contribution in [2.45, 2.75) is 25.8 Å². The maximum absolute atomic E-state index is 12.2. The summed E-state index contributed by atoms with van der Waals surface area (Å²) in [5.41, 5.74) is 0.506. The number of piperazine rings is 1. The number of nitrogens with zero attached hydrogens (tertiary/aromatic N) is 1. The Bertz CT molecular complexity index is 621. The van der Waals surface area contributed by atoms with Gasteiger partial charge in [-0.25, -0.2) is 0 Å². The molecular weight excluding hydrogens is 358 g/mol. The van der Waals surface area contributed by atoms with E-state index in [-0.39, 0.29) is 55.4 Å². The molecule has 1 aliphatic rings. The average Bonchev–Trinajstić information content (AvgIpc) is 2.64. The van der Waals surface area contributed by atoms with Gasteiger partial charge in [-0.1, -0.05) is 0 Å². The van der Waals surface area contributed by atoms with Gasteiger partial charge in [0, 0.05) is 44.1 Å². The van der Waals surface area contributed by atoms with Gasteiger partial charge < -0.3 is 20.3 Å². The highest BCUT2D eigenvalue weighted by atomic mass is 35.5. The van der Waals surface area contributed by atoms with E-state index < -0.39 is 0 Å². The third-order valence-corrected chi connectivity index (χ3v) is 4.25. The van der Waals surface area contributed by atoms with Gasteiger partial charge in [0.25, 0.3) is 0 Å². The molecule has 0 saturated carbocycles. The molecule has 1 atom stereocenters. The molecule has 1 saturated heterocycles. The fraction of sp³-hybridized carbons (Fsp3) is 0.500. The first-order valence-electron chi connectivity index (χ1n) is 8.45. The van der Waals surface area contributed by atoms with E-state index in [1.54, 1.807) is 36.3 Å². The van der Waals surface area contributed by atoms with Gasteiger partial charge in [-0.05, 0) is 31.2 Å². The zero-order valence-corrected chi connectivity index (χ0v) is 15.9. The Labute approximate surface area is 159 Å². The minimum absolute atomic E-state index is 0. The number of carbonyl (C=O) groups is 3. The number of benzene rings is 1. The summed E-state index contributed by atoms with van der Waals surface area (Å²) in [6.07, 6.45) is 0.248. The van der Waals surface area contributed by atoms with Gasteiger partial charge in [-0.2, -0.15) is 0 Å². The molecule has 2 amide bonds. The molecule has 1 aliphatic heterocycles. The first-order valence-corrected chi connectivity index (χ1v) is 8.45. The van der Waals surface area contributed by atoms with Gasteiger partial charge in [0.2, 0.25) is 11.8 Å². The van der Waals surface area contributed by atoms with Crippen LogP contribution in [0.25, 0.3) is 0 Å². The molecule has 0 unspecified atom stereocenters. The molecule has 2 rings (SSSR count). The van der Waals surface area contributed by atoms with Crippen molar-refractivity contribution in [1.82, 2.24) is 15.5 Å². The van der Waals surface area contributed by atoms with Crippen molar-refractivity contribution in [3.63, 3.8) is 0 Å². The molecule has 1 aromatic rings. The summed E-state index contributed by atoms with van der Waals surface area (Å²) < 4.78 is 5.04. The predicted octanol–water partition coefficient (Wildman–Crippen LogP) is 1.02. The summed E-state index contributed by atoms with van der Waals surface area (Å²) in [6.45, 7) is 4.12. The van der Waals surface area contributed by atoms with Crippen molar-refractivity contribution >= 4 is 30.0 Å². The van der Waals surface area contributed by atoms with Crippen LogP contribution in [0.4, 0.5) is 0 Å². The molecule has 1 fully saturated rings. The fourth-order valence-electron chi connectivity index (χ4n) is 2.72. The van der Waals surface area contributed by atoms with E-state index in [0.29, 0.717) is 17.9 Å². The van der Waals surface area contributed by atoms with E-state index in [1.165, 1.54) is 0 Å². The van der Waals surface area contributed by atoms with Crippen LogP contribution >= 0.6 is 12.4 Å². The minimum Gasteiger partial charge on any atom is -0.497 e. The lowest BCUT2D eigenvalue weighted by molar-refractivity contribution is -0.136. The minimum atomic E-state index is -0.294. The van der Waals surface area contributed by atoms with Crippen LogP contribution in [0.5, 0.6) is 5.75 Å². The largest absolute Gasteiger partial charge is 0.497 e. The van der Waals surface area contributed by atoms with Crippen molar-refractivity contribution in [2.75, 3.05) is 33.3 Å². The van der Waals surface area contributed by atoms with Crippen LogP contribution < -0.4 is 15.4 Å². The number of carbonyl (C=O) groups excluding carboxylic acids is 3. The molecule has 8 heteroatoms. The molecule has 0 bridgehead atoms. The van der Waals surface area contributed by atoms with E-state index in [0.717, 1.165) is 13.1 Å². The Morgan fingerprint density at radius 2 is 1.92 bits per heavy atom. The summed E-state index contributed by atoms with van der Waals surface area (Å²) in [7, 11) is 1.56. The molecule has 7 nitrogen and oxygen atoms in total. The highest BCUT2D eigenvalue weighted by Crippen LogP contribution is 2.11. The zero-order chi connectivity index (χ0) is 18.2. The van der Waals surface area contributed by atoms with Crippen LogP contribution in [0.3, 0.4) is 0 Å². The lowest BCUT2D eigenvalue weighted by Gasteiger charge is -2.34. The van der Waals surface area contributed by atoms with E-state index in [4.69, 9.17) is 4.74 Å². The Hall–Kier alpha value is -2.12. The van der Waals surface area contributed by atoms with Gasteiger partial charge in [0.15, 0.2) is 5.78 Å². The highest BCUT2D eigenvalue weighted by Gasteiger charge is 2.23. The third-order valence-electron chi connectivity index (χ3n) is 4.25. The zero-order valence-electron chi connectivity index (χ0n) is 15.1. The summed E-state index contributed by atoms with van der Waals surface area (Å²) in [5, 5.41) is 5.80. The number of nitrogens with one attached hydrogen (secondary N) is 2. The van der Waals surface area contributed by atoms with Gasteiger partial charge in [-0.3, -0.25) is 14.4 Å². The highest BCUT2D eigenvalue weighted by molar-refractivity contribution is 5.99. The Morgan fingerprint density at radius 1 is 1.23 bits per heavy atom. The number of halogens is 1. The van der Waals surface area contributed by atoms with E-state index in [1.807, 2.05) is 6.92 Å². The number of ether oxygens (including phenoxy) is 1. The van der Waals surface area contributed by atoms with Crippen LogP contribution in [0.15, 0.2) is 24.3 Å². The molecule has 1 aromatic carbocycles. The topological polar surface area (TPSA) is 87.7 Å². The predicted molar refractivity (Wildman–Crippen MR) is 101 cm³/mol. The first kappa shape index (κ1) is 21.9. The summed E-state index contributed by atoms with van der Waals surface area (Å²) in [6, 6.07) is 6.84. The molecule has 1 heterocycles. The standard InChI is InChI=1S/C18H25N3O4.ClH/c1-13-11-19-9-10-21(13)18(24)8-7-17(23)20-12-16(22)14-3-5-15(25-2)6-4-14;/h3-6,13,19H,7-12H2,1-2H3,(H,20,23);1H/t13-;/m0./s1. The van der Waals surface area contributed by atoms with E-state index in [9.17, 15) is 14.4 Å². The van der Waals surface area contributed by atoms with Gasteiger partial charge >= 0.3 is 0 Å². The Balaban J connectivity index is 0.00000338. The van der Waals surface area contributed by atoms with Crippen molar-refractivity contribution in [2.24, 2.45) is 0 Å². The van der Waals surface area contributed by atoms with Crippen LogP contribution in [0.1, 0.15) is 30.1 Å². The van der Waals surface area contributed by atoms with Crippen LogP contribution in [0.2, 0.25) is 0 Å². The van der Waals surface area contributed by atoms with Crippen LogP contribution in [-0.4, -0.2) is 61.8 Å². The lowest BCUT2D eigenvalue weighted by atomic mass is 10.1. The third kappa shape index (κ3) is 6.31. The number of hydrogen-bond donors (Lipinski definition) is 2. The number of methoxy groups -OCH3 is 1. The van der Waals surface area contributed by atoms with Crippen molar-refractivity contribution < 1.29 is 19.1 Å². The number of hydrogen-bond acceptors (Lipinski definition) is 5. The number of ketones is 1. The molecule has 0 spiro atoms. The Morgan fingerprint density at radius 3 is 2.54 bits per heavy atom. The van der Waals surface area contributed by atoms with Crippen molar-refractivity contribution in [3.8, 4) is 5.75 Å². The maximum Gasteiger partial charge on any atom is 0.223 e. The summed E-state index contributed by atoms with van der Waals surface area (Å²) in [5.74, 6) is 0.169. The molecule has 2 N–H and O–H groups in total. The summed E-state index contributed by atoms with van der Waals surface area (Å²) >= 11 is 0. The van der Waals surface area contributed by atoms with Gasteiger partial charge in [-0.15, -0.1) is 12.4 Å². The molecule has 0 radical (unpaired) electrons. The van der Waals surface area contributed by atoms with Crippen molar-refractivity contribution in [3.05, 3.63) is 29.8 Å². The monoisotopic (exact) mass is 383 g/mol. The quantitative estimate of drug-likeness (QED) is 0.686. The molecule has 144 valence electrons. The second-order valence-electron chi connectivity index (χ2n) is 6.07. The molecule has 26 heavy (non-hydrogen) atoms. The maximum atomic E-state index is 12.2. The number of Topliss-reactive ketones (excluding diaryl/α,β-unsaturated/α-hetero) is 1. The second kappa shape index (κ2) is 10.8. The van der Waals surface area contributed by atoms with E-state index >= 15 is 0 Å². The normalized spacial score (nSPS) is 16.4. The van der Waals surface area contributed by atoms with Gasteiger partial charge in [0.1, 0.15) is 5.75 Å². The molecule has 0 aliphatic carbocycles. The lowest BCUT2D eigenvalue weighted by Crippen LogP contribution is -2.52.